The van der Waals surface area contributed by atoms with E-state index in [1.165, 1.54) is 34.9 Å². The third-order valence-electron chi connectivity index (χ3n) is 4.46. The quantitative estimate of drug-likeness (QED) is 0.654. The number of sulfonamides is 1. The van der Waals surface area contributed by atoms with Gasteiger partial charge >= 0.3 is 0 Å². The summed E-state index contributed by atoms with van der Waals surface area (Å²) in [6.07, 6.45) is 0. The van der Waals surface area contributed by atoms with Crippen LogP contribution in [0.4, 0.5) is 15.8 Å². The Morgan fingerprint density at radius 3 is 2.45 bits per heavy atom. The molecule has 1 saturated heterocycles. The molecular weight excluding hydrogens is 411 g/mol. The number of halogens is 1. The summed E-state index contributed by atoms with van der Waals surface area (Å²) in [5.74, 6) is -0.450. The topological polar surface area (TPSA) is 66.5 Å². The number of para-hydroxylation sites is 1. The average molecular weight is 429 g/mol. The van der Waals surface area contributed by atoms with E-state index in [4.69, 9.17) is 0 Å². The highest BCUT2D eigenvalue weighted by Crippen LogP contribution is 2.43. The summed E-state index contributed by atoms with van der Waals surface area (Å²) in [4.78, 5) is 14.0. The van der Waals surface area contributed by atoms with E-state index in [0.29, 0.717) is 11.3 Å². The van der Waals surface area contributed by atoms with Crippen LogP contribution in [0.2, 0.25) is 0 Å². The van der Waals surface area contributed by atoms with Gasteiger partial charge in [-0.3, -0.25) is 14.4 Å². The van der Waals surface area contributed by atoms with Crippen molar-refractivity contribution in [3.05, 3.63) is 90.2 Å². The van der Waals surface area contributed by atoms with Crippen molar-refractivity contribution in [1.29, 1.82) is 0 Å². The van der Waals surface area contributed by atoms with Crippen LogP contribution in [0.15, 0.2) is 83.8 Å². The summed E-state index contributed by atoms with van der Waals surface area (Å²) >= 11 is 1.37. The highest BCUT2D eigenvalue weighted by Gasteiger charge is 2.35. The maximum Gasteiger partial charge on any atom is 0.261 e. The zero-order valence-electron chi connectivity index (χ0n) is 15.2. The molecule has 0 radical (unpaired) electrons. The van der Waals surface area contributed by atoms with Gasteiger partial charge in [-0.2, -0.15) is 0 Å². The Bertz CT molecular complexity index is 1150. The van der Waals surface area contributed by atoms with Gasteiger partial charge in [-0.25, -0.2) is 12.8 Å². The van der Waals surface area contributed by atoms with Gasteiger partial charge in [0.05, 0.1) is 16.3 Å². The van der Waals surface area contributed by atoms with Crippen LogP contribution in [0.1, 0.15) is 10.9 Å². The number of benzene rings is 3. The van der Waals surface area contributed by atoms with E-state index in [1.807, 2.05) is 0 Å². The predicted molar refractivity (Wildman–Crippen MR) is 113 cm³/mol. The molecule has 0 aliphatic carbocycles. The lowest BCUT2D eigenvalue weighted by molar-refractivity contribution is -0.115. The summed E-state index contributed by atoms with van der Waals surface area (Å²) in [6.45, 7) is 0. The van der Waals surface area contributed by atoms with Crippen molar-refractivity contribution in [2.45, 2.75) is 10.3 Å². The van der Waals surface area contributed by atoms with Crippen LogP contribution < -0.4 is 9.62 Å². The van der Waals surface area contributed by atoms with E-state index in [0.717, 1.165) is 0 Å². The second-order valence-electron chi connectivity index (χ2n) is 6.42. The molecule has 1 N–H and O–H groups in total. The standard InChI is InChI=1S/C21H17FN2O3S2/c22-18-11-4-5-12-19(18)24-20(25)14-28-21(24)15-7-6-8-16(13-15)23-29(26,27)17-9-2-1-3-10-17/h1-13,21,23H,14H2/t21-/m1/s1. The van der Waals surface area contributed by atoms with Crippen LogP contribution in [-0.4, -0.2) is 20.1 Å². The lowest BCUT2D eigenvalue weighted by Crippen LogP contribution is -2.28. The van der Waals surface area contributed by atoms with E-state index in [1.54, 1.807) is 60.7 Å². The number of carbonyl (C=O) groups is 1. The molecule has 1 amide bonds. The Morgan fingerprint density at radius 1 is 0.966 bits per heavy atom. The van der Waals surface area contributed by atoms with Gasteiger partial charge in [0.1, 0.15) is 11.2 Å². The van der Waals surface area contributed by atoms with Gasteiger partial charge in [0.25, 0.3) is 10.0 Å². The molecule has 3 aromatic rings. The third kappa shape index (κ3) is 3.99. The predicted octanol–water partition coefficient (Wildman–Crippen LogP) is 4.41. The molecule has 0 saturated carbocycles. The van der Waals surface area contributed by atoms with Crippen molar-refractivity contribution < 1.29 is 17.6 Å². The molecule has 5 nitrogen and oxygen atoms in total. The molecule has 1 aliphatic heterocycles. The molecule has 148 valence electrons. The smallest absolute Gasteiger partial charge is 0.261 e. The molecule has 1 atom stereocenters. The van der Waals surface area contributed by atoms with Gasteiger partial charge in [0.15, 0.2) is 0 Å². The van der Waals surface area contributed by atoms with E-state index < -0.39 is 21.2 Å². The van der Waals surface area contributed by atoms with Crippen LogP contribution >= 0.6 is 11.8 Å². The number of hydrogen-bond acceptors (Lipinski definition) is 4. The van der Waals surface area contributed by atoms with Gasteiger partial charge < -0.3 is 0 Å². The van der Waals surface area contributed by atoms with Gasteiger partial charge in [0, 0.05) is 5.69 Å². The second kappa shape index (κ2) is 7.88. The number of amides is 1. The normalized spacial score (nSPS) is 16.8. The van der Waals surface area contributed by atoms with E-state index >= 15 is 0 Å². The molecule has 4 rings (SSSR count). The number of rotatable bonds is 5. The minimum Gasteiger partial charge on any atom is -0.292 e. The molecule has 1 heterocycles. The summed E-state index contributed by atoms with van der Waals surface area (Å²) in [6, 6.07) is 21.0. The van der Waals surface area contributed by atoms with E-state index in [9.17, 15) is 17.6 Å². The minimum atomic E-state index is -3.73. The van der Waals surface area contributed by atoms with Crippen LogP contribution in [0.3, 0.4) is 0 Å². The summed E-state index contributed by atoms with van der Waals surface area (Å²) < 4.78 is 42.0. The minimum absolute atomic E-state index is 0.156. The first-order valence-corrected chi connectivity index (χ1v) is 11.3. The lowest BCUT2D eigenvalue weighted by Gasteiger charge is -2.25. The maximum atomic E-state index is 14.3. The Labute approximate surface area is 172 Å². The number of hydrogen-bond donors (Lipinski definition) is 1. The SMILES string of the molecule is O=C1CS[C@H](c2cccc(NS(=O)(=O)c3ccccc3)c2)N1c1ccccc1F. The van der Waals surface area contributed by atoms with Crippen molar-refractivity contribution in [3.8, 4) is 0 Å². The van der Waals surface area contributed by atoms with Crippen molar-refractivity contribution >= 4 is 39.1 Å². The highest BCUT2D eigenvalue weighted by molar-refractivity contribution is 8.00. The molecule has 1 aliphatic rings. The summed E-state index contributed by atoms with van der Waals surface area (Å²) in [5, 5.41) is -0.444. The maximum absolute atomic E-state index is 14.3. The van der Waals surface area contributed by atoms with Gasteiger partial charge in [-0.1, -0.05) is 42.5 Å². The zero-order valence-corrected chi connectivity index (χ0v) is 16.8. The van der Waals surface area contributed by atoms with Crippen LogP contribution in [0.5, 0.6) is 0 Å². The number of nitrogens with one attached hydrogen (secondary N) is 1. The molecule has 29 heavy (non-hydrogen) atoms. The Hall–Kier alpha value is -2.84. The molecule has 1 fully saturated rings. The fourth-order valence-electron chi connectivity index (χ4n) is 3.15. The van der Waals surface area contributed by atoms with Gasteiger partial charge in [-0.05, 0) is 42.0 Å². The van der Waals surface area contributed by atoms with Crippen molar-refractivity contribution in [1.82, 2.24) is 0 Å². The van der Waals surface area contributed by atoms with E-state index in [-0.39, 0.29) is 22.2 Å². The summed E-state index contributed by atoms with van der Waals surface area (Å²) in [7, 11) is -3.73. The molecule has 8 heteroatoms. The first-order valence-electron chi connectivity index (χ1n) is 8.82. The fraction of sp³-hybridized carbons (Fsp3) is 0.0952. The van der Waals surface area contributed by atoms with Crippen molar-refractivity contribution in [3.63, 3.8) is 0 Å². The van der Waals surface area contributed by atoms with Gasteiger partial charge in [-0.15, -0.1) is 11.8 Å². The first kappa shape index (κ1) is 19.5. The van der Waals surface area contributed by atoms with Crippen LogP contribution in [-0.2, 0) is 14.8 Å². The highest BCUT2D eigenvalue weighted by atomic mass is 32.2. The van der Waals surface area contributed by atoms with E-state index in [2.05, 4.69) is 4.72 Å². The van der Waals surface area contributed by atoms with Crippen molar-refractivity contribution in [2.75, 3.05) is 15.4 Å². The molecule has 0 bridgehead atoms. The monoisotopic (exact) mass is 428 g/mol. The fourth-order valence-corrected chi connectivity index (χ4v) is 5.38. The largest absolute Gasteiger partial charge is 0.292 e. The zero-order chi connectivity index (χ0) is 20.4. The second-order valence-corrected chi connectivity index (χ2v) is 9.17. The number of carbonyl (C=O) groups excluding carboxylic acids is 1. The number of nitrogens with zero attached hydrogens (tertiary/aromatic N) is 1. The first-order chi connectivity index (χ1) is 14.0. The summed E-state index contributed by atoms with van der Waals surface area (Å²) in [5.41, 5.74) is 1.29. The molecule has 0 spiro atoms. The Balaban J connectivity index is 1.65. The van der Waals surface area contributed by atoms with Gasteiger partial charge in [0.2, 0.25) is 5.91 Å². The molecule has 3 aromatic carbocycles. The lowest BCUT2D eigenvalue weighted by atomic mass is 10.1. The van der Waals surface area contributed by atoms with Crippen molar-refractivity contribution in [2.24, 2.45) is 0 Å². The average Bonchev–Trinajstić information content (AvgIpc) is 3.10. The Kier molecular flexibility index (Phi) is 5.29. The Morgan fingerprint density at radius 2 is 1.69 bits per heavy atom. The third-order valence-corrected chi connectivity index (χ3v) is 7.07. The van der Waals surface area contributed by atoms with Crippen LogP contribution in [0, 0.1) is 5.82 Å². The molecular formula is C21H17FN2O3S2. The molecule has 0 unspecified atom stereocenters. The number of anilines is 2. The number of thioether (sulfide) groups is 1. The molecule has 0 aromatic heterocycles. The van der Waals surface area contributed by atoms with Crippen LogP contribution in [0.25, 0.3) is 0 Å².